The molecule has 1 aromatic carbocycles. The van der Waals surface area contributed by atoms with Gasteiger partial charge in [-0.15, -0.1) is 0 Å². The van der Waals surface area contributed by atoms with Crippen LogP contribution < -0.4 is 11.1 Å². The topological polar surface area (TPSA) is 75.4 Å². The number of rotatable bonds is 4. The van der Waals surface area contributed by atoms with Crippen LogP contribution >= 0.6 is 0 Å². The Hall–Kier alpha value is -1.55. The van der Waals surface area contributed by atoms with Crippen molar-refractivity contribution in [3.05, 3.63) is 29.3 Å². The molecule has 0 aliphatic rings. The predicted octanol–water partition coefficient (Wildman–Crippen LogP) is 2.19. The van der Waals surface area contributed by atoms with Crippen molar-refractivity contribution in [3.63, 3.8) is 0 Å². The number of nitrogens with two attached hydrogens (primary N) is 1. The summed E-state index contributed by atoms with van der Waals surface area (Å²) in [6.07, 6.45) is 0.826. The number of aryl methyl sites for hydroxylation is 1. The number of carbonyl (C=O) groups excluding carboxylic acids is 1. The van der Waals surface area contributed by atoms with Gasteiger partial charge in [0.2, 0.25) is 0 Å². The standard InChI is InChI=1S/C15H24N2O2/c1-10-6-5-7-12(13(10)18)14(19)17-9-11(16)8-15(2,3)4/h5-7,11,18H,8-9,16H2,1-4H3,(H,17,19). The second-order valence-electron chi connectivity index (χ2n) is 6.21. The number of hydrogen-bond donors (Lipinski definition) is 3. The molecule has 0 fully saturated rings. The highest BCUT2D eigenvalue weighted by molar-refractivity contribution is 5.97. The van der Waals surface area contributed by atoms with Crippen LogP contribution in [0, 0.1) is 12.3 Å². The maximum Gasteiger partial charge on any atom is 0.255 e. The zero-order valence-electron chi connectivity index (χ0n) is 12.2. The monoisotopic (exact) mass is 264 g/mol. The summed E-state index contributed by atoms with van der Waals surface area (Å²) in [6, 6.07) is 5.03. The van der Waals surface area contributed by atoms with Crippen LogP contribution in [0.15, 0.2) is 18.2 Å². The van der Waals surface area contributed by atoms with Crippen LogP contribution in [0.2, 0.25) is 0 Å². The van der Waals surface area contributed by atoms with Crippen molar-refractivity contribution in [1.82, 2.24) is 5.32 Å². The molecule has 4 heteroatoms. The molecule has 0 spiro atoms. The van der Waals surface area contributed by atoms with Gasteiger partial charge in [-0.1, -0.05) is 32.9 Å². The number of phenols is 1. The Morgan fingerprint density at radius 2 is 2.05 bits per heavy atom. The molecule has 0 radical (unpaired) electrons. The van der Waals surface area contributed by atoms with E-state index in [0.717, 1.165) is 6.42 Å². The van der Waals surface area contributed by atoms with E-state index in [4.69, 9.17) is 5.73 Å². The van der Waals surface area contributed by atoms with Crippen LogP contribution in [0.5, 0.6) is 5.75 Å². The second-order valence-corrected chi connectivity index (χ2v) is 6.21. The normalized spacial score (nSPS) is 13.1. The zero-order valence-corrected chi connectivity index (χ0v) is 12.2. The Morgan fingerprint density at radius 1 is 1.42 bits per heavy atom. The number of carbonyl (C=O) groups is 1. The molecule has 0 bridgehead atoms. The number of aromatic hydroxyl groups is 1. The molecule has 0 saturated carbocycles. The summed E-state index contributed by atoms with van der Waals surface area (Å²) in [4.78, 5) is 12.0. The van der Waals surface area contributed by atoms with Gasteiger partial charge < -0.3 is 16.2 Å². The summed E-state index contributed by atoms with van der Waals surface area (Å²) in [7, 11) is 0. The van der Waals surface area contributed by atoms with Crippen LogP contribution in [0.25, 0.3) is 0 Å². The smallest absolute Gasteiger partial charge is 0.255 e. The van der Waals surface area contributed by atoms with Crippen molar-refractivity contribution < 1.29 is 9.90 Å². The van der Waals surface area contributed by atoms with E-state index in [0.29, 0.717) is 17.7 Å². The molecular weight excluding hydrogens is 240 g/mol. The fourth-order valence-electron chi connectivity index (χ4n) is 2.02. The minimum Gasteiger partial charge on any atom is -0.507 e. The van der Waals surface area contributed by atoms with E-state index < -0.39 is 0 Å². The molecule has 0 aliphatic heterocycles. The maximum absolute atomic E-state index is 12.0. The highest BCUT2D eigenvalue weighted by atomic mass is 16.3. The van der Waals surface area contributed by atoms with Crippen LogP contribution in [-0.2, 0) is 0 Å². The Bertz CT molecular complexity index is 450. The Morgan fingerprint density at radius 3 is 2.63 bits per heavy atom. The first kappa shape index (κ1) is 15.5. The molecule has 0 heterocycles. The molecule has 1 rings (SSSR count). The van der Waals surface area contributed by atoms with E-state index in [2.05, 4.69) is 26.1 Å². The van der Waals surface area contributed by atoms with Crippen LogP contribution in [0.3, 0.4) is 0 Å². The van der Waals surface area contributed by atoms with Gasteiger partial charge >= 0.3 is 0 Å². The average Bonchev–Trinajstić information content (AvgIpc) is 2.27. The molecule has 1 amide bonds. The highest BCUT2D eigenvalue weighted by Crippen LogP contribution is 2.22. The molecule has 1 unspecified atom stereocenters. The summed E-state index contributed by atoms with van der Waals surface area (Å²) in [5, 5.41) is 12.6. The van der Waals surface area contributed by atoms with Crippen molar-refractivity contribution in [1.29, 1.82) is 0 Å². The first-order chi connectivity index (χ1) is 8.70. The van der Waals surface area contributed by atoms with Crippen molar-refractivity contribution in [2.24, 2.45) is 11.1 Å². The second kappa shape index (κ2) is 6.06. The number of para-hydroxylation sites is 1. The summed E-state index contributed by atoms with van der Waals surface area (Å²) in [6.45, 7) is 8.50. The van der Waals surface area contributed by atoms with Gasteiger partial charge in [0.25, 0.3) is 5.91 Å². The van der Waals surface area contributed by atoms with Gasteiger partial charge in [-0.2, -0.15) is 0 Å². The average molecular weight is 264 g/mol. The van der Waals surface area contributed by atoms with Gasteiger partial charge in [0, 0.05) is 12.6 Å². The third-order valence-corrected chi connectivity index (χ3v) is 2.88. The third kappa shape index (κ3) is 4.91. The van der Waals surface area contributed by atoms with Gasteiger partial charge in [0.05, 0.1) is 5.56 Å². The van der Waals surface area contributed by atoms with E-state index in [-0.39, 0.29) is 23.1 Å². The van der Waals surface area contributed by atoms with E-state index in [9.17, 15) is 9.90 Å². The molecule has 1 aromatic rings. The number of benzene rings is 1. The van der Waals surface area contributed by atoms with Crippen LogP contribution in [0.4, 0.5) is 0 Å². The number of hydrogen-bond acceptors (Lipinski definition) is 3. The number of phenolic OH excluding ortho intramolecular Hbond substituents is 1. The predicted molar refractivity (Wildman–Crippen MR) is 77.2 cm³/mol. The van der Waals surface area contributed by atoms with Gasteiger partial charge in [0.15, 0.2) is 0 Å². The van der Waals surface area contributed by atoms with Gasteiger partial charge in [0.1, 0.15) is 5.75 Å². The minimum atomic E-state index is -0.287. The molecule has 1 atom stereocenters. The Balaban J connectivity index is 2.59. The fourth-order valence-corrected chi connectivity index (χ4v) is 2.02. The molecular formula is C15H24N2O2. The Labute approximate surface area is 115 Å². The zero-order chi connectivity index (χ0) is 14.6. The van der Waals surface area contributed by atoms with Crippen LogP contribution in [-0.4, -0.2) is 23.6 Å². The summed E-state index contributed by atoms with van der Waals surface area (Å²) in [5.74, 6) is -0.255. The number of amides is 1. The lowest BCUT2D eigenvalue weighted by Crippen LogP contribution is -2.39. The summed E-state index contributed by atoms with van der Waals surface area (Å²) < 4.78 is 0. The molecule has 19 heavy (non-hydrogen) atoms. The van der Waals surface area contributed by atoms with Crippen LogP contribution in [0.1, 0.15) is 43.1 Å². The van der Waals surface area contributed by atoms with Gasteiger partial charge in [-0.3, -0.25) is 4.79 Å². The molecule has 0 aliphatic carbocycles. The quantitative estimate of drug-likeness (QED) is 0.780. The summed E-state index contributed by atoms with van der Waals surface area (Å²) >= 11 is 0. The van der Waals surface area contributed by atoms with Crippen molar-refractivity contribution in [3.8, 4) is 5.75 Å². The largest absolute Gasteiger partial charge is 0.507 e. The van der Waals surface area contributed by atoms with E-state index >= 15 is 0 Å². The summed E-state index contributed by atoms with van der Waals surface area (Å²) in [5.41, 5.74) is 7.09. The molecule has 4 nitrogen and oxygen atoms in total. The van der Waals surface area contributed by atoms with Crippen molar-refractivity contribution in [2.75, 3.05) is 6.54 Å². The van der Waals surface area contributed by atoms with E-state index in [1.54, 1.807) is 25.1 Å². The van der Waals surface area contributed by atoms with Crippen molar-refractivity contribution in [2.45, 2.75) is 40.2 Å². The lowest BCUT2D eigenvalue weighted by atomic mass is 9.88. The lowest BCUT2D eigenvalue weighted by Gasteiger charge is -2.23. The molecule has 0 saturated heterocycles. The maximum atomic E-state index is 12.0. The van der Waals surface area contributed by atoms with Gasteiger partial charge in [-0.25, -0.2) is 0 Å². The van der Waals surface area contributed by atoms with E-state index in [1.165, 1.54) is 0 Å². The minimum absolute atomic E-state index is 0.0318. The SMILES string of the molecule is Cc1cccc(C(=O)NCC(N)CC(C)(C)C)c1O. The molecule has 106 valence electrons. The van der Waals surface area contributed by atoms with E-state index in [1.807, 2.05) is 0 Å². The first-order valence-electron chi connectivity index (χ1n) is 6.53. The van der Waals surface area contributed by atoms with Gasteiger partial charge in [-0.05, 0) is 30.4 Å². The Kier molecular flexibility index (Phi) is 4.95. The molecule has 0 aromatic heterocycles. The molecule has 4 N–H and O–H groups in total. The highest BCUT2D eigenvalue weighted by Gasteiger charge is 2.17. The fraction of sp³-hybridized carbons (Fsp3) is 0.533. The third-order valence-electron chi connectivity index (χ3n) is 2.88. The lowest BCUT2D eigenvalue weighted by molar-refractivity contribution is 0.0946. The number of nitrogens with one attached hydrogen (secondary N) is 1. The van der Waals surface area contributed by atoms with Crippen molar-refractivity contribution >= 4 is 5.91 Å². The first-order valence-corrected chi connectivity index (χ1v) is 6.53.